The van der Waals surface area contributed by atoms with E-state index in [2.05, 4.69) is 15.6 Å². The first kappa shape index (κ1) is 14.0. The summed E-state index contributed by atoms with van der Waals surface area (Å²) in [6, 6.07) is 8.42. The van der Waals surface area contributed by atoms with Crippen LogP contribution in [-0.4, -0.2) is 10.9 Å². The van der Waals surface area contributed by atoms with Crippen molar-refractivity contribution in [2.24, 2.45) is 0 Å². The molecule has 1 amide bonds. The van der Waals surface area contributed by atoms with Gasteiger partial charge in [0.1, 0.15) is 5.82 Å². The van der Waals surface area contributed by atoms with E-state index in [-0.39, 0.29) is 17.6 Å². The molecule has 1 aromatic heterocycles. The average molecular weight is 273 g/mol. The fourth-order valence-electron chi connectivity index (χ4n) is 1.89. The van der Waals surface area contributed by atoms with Crippen LogP contribution in [0.3, 0.4) is 0 Å². The molecule has 2 N–H and O–H groups in total. The predicted octanol–water partition coefficient (Wildman–Crippen LogP) is 3.35. The maximum absolute atomic E-state index is 13.5. The van der Waals surface area contributed by atoms with Gasteiger partial charge in [0.2, 0.25) is 5.91 Å². The molecule has 1 aromatic carbocycles. The third kappa shape index (κ3) is 3.54. The minimum Gasteiger partial charge on any atom is -0.378 e. The largest absolute Gasteiger partial charge is 0.378 e. The number of carbonyl (C=O) groups excluding carboxylic acids is 1. The highest BCUT2D eigenvalue weighted by Gasteiger charge is 2.08. The lowest BCUT2D eigenvalue weighted by Gasteiger charge is -2.16. The molecule has 0 saturated carbocycles. The summed E-state index contributed by atoms with van der Waals surface area (Å²) >= 11 is 0. The van der Waals surface area contributed by atoms with E-state index in [0.29, 0.717) is 0 Å². The first-order valence-corrected chi connectivity index (χ1v) is 6.30. The van der Waals surface area contributed by atoms with Crippen molar-refractivity contribution in [3.8, 4) is 0 Å². The predicted molar refractivity (Wildman–Crippen MR) is 77.0 cm³/mol. The molecule has 1 heterocycles. The number of nitrogens with one attached hydrogen (secondary N) is 2. The number of halogens is 1. The van der Waals surface area contributed by atoms with Crippen LogP contribution in [0.5, 0.6) is 0 Å². The summed E-state index contributed by atoms with van der Waals surface area (Å²) in [5, 5.41) is 5.72. The SMILES string of the molecule is CC(=O)Nc1cc(NC(C)c2ccncc2)ccc1F. The fraction of sp³-hybridized carbons (Fsp3) is 0.200. The number of pyridine rings is 1. The van der Waals surface area contributed by atoms with Gasteiger partial charge in [-0.2, -0.15) is 0 Å². The molecule has 0 fully saturated rings. The van der Waals surface area contributed by atoms with Gasteiger partial charge in [-0.25, -0.2) is 4.39 Å². The molecule has 0 saturated heterocycles. The van der Waals surface area contributed by atoms with Crippen LogP contribution in [-0.2, 0) is 4.79 Å². The van der Waals surface area contributed by atoms with Crippen LogP contribution < -0.4 is 10.6 Å². The molecule has 1 atom stereocenters. The standard InChI is InChI=1S/C15H16FN3O/c1-10(12-5-7-17-8-6-12)18-13-3-4-14(16)15(9-13)19-11(2)20/h3-10,18H,1-2H3,(H,19,20). The molecule has 0 spiro atoms. The van der Waals surface area contributed by atoms with Gasteiger partial charge in [-0.1, -0.05) is 0 Å². The van der Waals surface area contributed by atoms with E-state index in [9.17, 15) is 9.18 Å². The Labute approximate surface area is 117 Å². The number of anilines is 2. The number of rotatable bonds is 4. The van der Waals surface area contributed by atoms with Crippen molar-refractivity contribution in [1.29, 1.82) is 0 Å². The molecule has 0 bridgehead atoms. The Balaban J connectivity index is 2.15. The lowest BCUT2D eigenvalue weighted by molar-refractivity contribution is -0.114. The van der Waals surface area contributed by atoms with Crippen LogP contribution >= 0.6 is 0 Å². The Bertz CT molecular complexity index is 601. The topological polar surface area (TPSA) is 54.0 Å². The Morgan fingerprint density at radius 2 is 1.95 bits per heavy atom. The van der Waals surface area contributed by atoms with E-state index < -0.39 is 5.82 Å². The monoisotopic (exact) mass is 273 g/mol. The highest BCUT2D eigenvalue weighted by atomic mass is 19.1. The zero-order valence-electron chi connectivity index (χ0n) is 11.4. The lowest BCUT2D eigenvalue weighted by Crippen LogP contribution is -2.10. The lowest BCUT2D eigenvalue weighted by atomic mass is 10.1. The second-order valence-electron chi connectivity index (χ2n) is 4.52. The van der Waals surface area contributed by atoms with Crippen LogP contribution in [0.4, 0.5) is 15.8 Å². The molecule has 20 heavy (non-hydrogen) atoms. The molecular weight excluding hydrogens is 257 g/mol. The van der Waals surface area contributed by atoms with Gasteiger partial charge in [-0.3, -0.25) is 9.78 Å². The third-order valence-electron chi connectivity index (χ3n) is 2.87. The first-order chi connectivity index (χ1) is 9.56. The average Bonchev–Trinajstić information content (AvgIpc) is 2.43. The first-order valence-electron chi connectivity index (χ1n) is 6.30. The van der Waals surface area contributed by atoms with Crippen LogP contribution in [0, 0.1) is 5.82 Å². The van der Waals surface area contributed by atoms with Gasteiger partial charge < -0.3 is 10.6 Å². The summed E-state index contributed by atoms with van der Waals surface area (Å²) in [5.41, 5.74) is 1.98. The Morgan fingerprint density at radius 3 is 2.60 bits per heavy atom. The maximum atomic E-state index is 13.5. The van der Waals surface area contributed by atoms with Crippen molar-refractivity contribution < 1.29 is 9.18 Å². The number of aromatic nitrogens is 1. The number of hydrogen-bond acceptors (Lipinski definition) is 3. The van der Waals surface area contributed by atoms with E-state index in [1.165, 1.54) is 13.0 Å². The minimum atomic E-state index is -0.456. The number of hydrogen-bond donors (Lipinski definition) is 2. The Morgan fingerprint density at radius 1 is 1.25 bits per heavy atom. The summed E-state index contributed by atoms with van der Waals surface area (Å²) in [6.07, 6.45) is 3.45. The van der Waals surface area contributed by atoms with Crippen molar-refractivity contribution >= 4 is 17.3 Å². The van der Waals surface area contributed by atoms with Gasteiger partial charge in [-0.05, 0) is 42.8 Å². The Kier molecular flexibility index (Phi) is 4.30. The summed E-state index contributed by atoms with van der Waals surface area (Å²) in [5.74, 6) is -0.759. The van der Waals surface area contributed by atoms with E-state index in [1.54, 1.807) is 24.5 Å². The number of nitrogens with zero attached hydrogens (tertiary/aromatic N) is 1. The van der Waals surface area contributed by atoms with Gasteiger partial charge >= 0.3 is 0 Å². The van der Waals surface area contributed by atoms with Crippen LogP contribution in [0.1, 0.15) is 25.5 Å². The number of carbonyl (C=O) groups is 1. The summed E-state index contributed by atoms with van der Waals surface area (Å²) < 4.78 is 13.5. The zero-order valence-corrected chi connectivity index (χ0v) is 11.4. The Hall–Kier alpha value is -2.43. The number of amides is 1. The van der Waals surface area contributed by atoms with Gasteiger partial charge in [0.05, 0.1) is 5.69 Å². The highest BCUT2D eigenvalue weighted by molar-refractivity contribution is 5.89. The molecule has 104 valence electrons. The van der Waals surface area contributed by atoms with Crippen molar-refractivity contribution in [1.82, 2.24) is 4.98 Å². The van der Waals surface area contributed by atoms with Crippen LogP contribution in [0.25, 0.3) is 0 Å². The molecule has 1 unspecified atom stereocenters. The van der Waals surface area contributed by atoms with Crippen molar-refractivity contribution in [2.75, 3.05) is 10.6 Å². The maximum Gasteiger partial charge on any atom is 0.221 e. The van der Waals surface area contributed by atoms with Crippen molar-refractivity contribution in [2.45, 2.75) is 19.9 Å². The fourth-order valence-corrected chi connectivity index (χ4v) is 1.89. The van der Waals surface area contributed by atoms with Crippen molar-refractivity contribution in [3.63, 3.8) is 0 Å². The molecule has 0 radical (unpaired) electrons. The number of benzene rings is 1. The van der Waals surface area contributed by atoms with E-state index in [0.717, 1.165) is 11.3 Å². The molecule has 2 rings (SSSR count). The normalized spacial score (nSPS) is 11.8. The van der Waals surface area contributed by atoms with Gasteiger partial charge in [0.15, 0.2) is 0 Å². The molecule has 0 aliphatic rings. The van der Waals surface area contributed by atoms with Crippen molar-refractivity contribution in [3.05, 3.63) is 54.1 Å². The smallest absolute Gasteiger partial charge is 0.221 e. The molecule has 0 aliphatic heterocycles. The summed E-state index contributed by atoms with van der Waals surface area (Å²) in [4.78, 5) is 15.0. The van der Waals surface area contributed by atoms with E-state index >= 15 is 0 Å². The molecule has 5 heteroatoms. The highest BCUT2D eigenvalue weighted by Crippen LogP contribution is 2.23. The molecular formula is C15H16FN3O. The molecule has 2 aromatic rings. The second kappa shape index (κ2) is 6.14. The quantitative estimate of drug-likeness (QED) is 0.898. The van der Waals surface area contributed by atoms with Gasteiger partial charge in [0, 0.05) is 31.0 Å². The van der Waals surface area contributed by atoms with Crippen LogP contribution in [0.15, 0.2) is 42.7 Å². The van der Waals surface area contributed by atoms with Gasteiger partial charge in [-0.15, -0.1) is 0 Å². The van der Waals surface area contributed by atoms with E-state index in [1.807, 2.05) is 19.1 Å². The molecule has 0 aliphatic carbocycles. The molecule has 4 nitrogen and oxygen atoms in total. The third-order valence-corrected chi connectivity index (χ3v) is 2.87. The van der Waals surface area contributed by atoms with Crippen LogP contribution in [0.2, 0.25) is 0 Å². The minimum absolute atomic E-state index is 0.0497. The second-order valence-corrected chi connectivity index (χ2v) is 4.52. The zero-order chi connectivity index (χ0) is 14.5. The summed E-state index contributed by atoms with van der Waals surface area (Å²) in [6.45, 7) is 3.34. The van der Waals surface area contributed by atoms with Gasteiger partial charge in [0.25, 0.3) is 0 Å². The van der Waals surface area contributed by atoms with E-state index in [4.69, 9.17) is 0 Å². The summed E-state index contributed by atoms with van der Waals surface area (Å²) in [7, 11) is 0.